The Morgan fingerprint density at radius 3 is 1.89 bits per heavy atom. The molecule has 5 heteroatoms. The lowest BCUT2D eigenvalue weighted by molar-refractivity contribution is -0.132. The molecule has 0 aliphatic carbocycles. The smallest absolute Gasteiger partial charge is 0.330 e. The van der Waals surface area contributed by atoms with E-state index in [0.29, 0.717) is 17.6 Å². The maximum Gasteiger partial charge on any atom is 0.330 e. The minimum Gasteiger partial charge on any atom is -0.478 e. The standard InChI is InChI=1S/C10H19NO2.C4H7NO/c1-4-11(5-2)8-6-7-9(3)10(12)13;1-3(2)4(5)6/h3-8H2,1-2H3,(H,12,13);1H2,2H3,(H2,5,6). The van der Waals surface area contributed by atoms with Crippen molar-refractivity contribution in [3.8, 4) is 0 Å². The quantitative estimate of drug-likeness (QED) is 0.659. The number of rotatable bonds is 8. The van der Waals surface area contributed by atoms with Gasteiger partial charge in [-0.2, -0.15) is 0 Å². The van der Waals surface area contributed by atoms with Crippen molar-refractivity contribution in [3.63, 3.8) is 0 Å². The molecule has 3 N–H and O–H groups in total. The van der Waals surface area contributed by atoms with E-state index in [1.54, 1.807) is 6.92 Å². The summed E-state index contributed by atoms with van der Waals surface area (Å²) in [6.45, 7) is 15.6. The zero-order chi connectivity index (χ0) is 15.4. The first-order chi connectivity index (χ1) is 8.76. The van der Waals surface area contributed by atoms with Crippen LogP contribution in [0.25, 0.3) is 0 Å². The van der Waals surface area contributed by atoms with E-state index >= 15 is 0 Å². The van der Waals surface area contributed by atoms with Gasteiger partial charge in [-0.25, -0.2) is 4.79 Å². The predicted octanol–water partition coefficient (Wildman–Crippen LogP) is 1.80. The van der Waals surface area contributed by atoms with E-state index < -0.39 is 11.9 Å². The van der Waals surface area contributed by atoms with Gasteiger partial charge in [-0.1, -0.05) is 27.0 Å². The number of carboxylic acids is 1. The van der Waals surface area contributed by atoms with E-state index in [2.05, 4.69) is 31.9 Å². The topological polar surface area (TPSA) is 83.6 Å². The molecule has 0 atom stereocenters. The zero-order valence-corrected chi connectivity index (χ0v) is 12.2. The van der Waals surface area contributed by atoms with Gasteiger partial charge in [0.05, 0.1) is 0 Å². The molecular weight excluding hydrogens is 244 g/mol. The number of nitrogens with zero attached hydrogens (tertiary/aromatic N) is 1. The number of hydrogen-bond donors (Lipinski definition) is 2. The highest BCUT2D eigenvalue weighted by Gasteiger charge is 2.04. The van der Waals surface area contributed by atoms with Crippen LogP contribution in [0.15, 0.2) is 24.3 Å². The summed E-state index contributed by atoms with van der Waals surface area (Å²) < 4.78 is 0. The first-order valence-corrected chi connectivity index (χ1v) is 6.34. The molecular formula is C14H26N2O3. The highest BCUT2D eigenvalue weighted by atomic mass is 16.4. The van der Waals surface area contributed by atoms with Gasteiger partial charge >= 0.3 is 5.97 Å². The van der Waals surface area contributed by atoms with Crippen LogP contribution in [0.3, 0.4) is 0 Å². The summed E-state index contributed by atoms with van der Waals surface area (Å²) in [5, 5.41) is 8.55. The average molecular weight is 270 g/mol. The Kier molecular flexibility index (Phi) is 11.9. The van der Waals surface area contributed by atoms with E-state index in [1.165, 1.54) is 0 Å². The summed E-state index contributed by atoms with van der Waals surface area (Å²) in [7, 11) is 0. The molecule has 0 rings (SSSR count). The van der Waals surface area contributed by atoms with Crippen molar-refractivity contribution in [2.24, 2.45) is 5.73 Å². The first kappa shape index (κ1) is 19.7. The Hall–Kier alpha value is -1.62. The maximum atomic E-state index is 10.4. The lowest BCUT2D eigenvalue weighted by Crippen LogP contribution is -2.24. The van der Waals surface area contributed by atoms with Crippen LogP contribution in [-0.2, 0) is 9.59 Å². The number of carbonyl (C=O) groups excluding carboxylic acids is 1. The Morgan fingerprint density at radius 2 is 1.63 bits per heavy atom. The van der Waals surface area contributed by atoms with Gasteiger partial charge in [0.15, 0.2) is 0 Å². The van der Waals surface area contributed by atoms with Gasteiger partial charge < -0.3 is 15.7 Å². The average Bonchev–Trinajstić information content (AvgIpc) is 2.34. The van der Waals surface area contributed by atoms with Crippen molar-refractivity contribution >= 4 is 11.9 Å². The predicted molar refractivity (Wildman–Crippen MR) is 77.8 cm³/mol. The summed E-state index contributed by atoms with van der Waals surface area (Å²) in [6, 6.07) is 0. The van der Waals surface area contributed by atoms with Crippen LogP contribution in [0.1, 0.15) is 33.6 Å². The molecule has 110 valence electrons. The van der Waals surface area contributed by atoms with Crippen LogP contribution in [0, 0.1) is 0 Å². The fraction of sp³-hybridized carbons (Fsp3) is 0.571. The second-order valence-corrected chi connectivity index (χ2v) is 4.18. The molecule has 0 aliphatic rings. The fourth-order valence-electron chi connectivity index (χ4n) is 1.16. The largest absolute Gasteiger partial charge is 0.478 e. The Morgan fingerprint density at radius 1 is 1.21 bits per heavy atom. The summed E-state index contributed by atoms with van der Waals surface area (Å²) in [4.78, 5) is 22.5. The molecule has 0 saturated carbocycles. The fourth-order valence-corrected chi connectivity index (χ4v) is 1.16. The van der Waals surface area contributed by atoms with Crippen LogP contribution in [0.4, 0.5) is 0 Å². The van der Waals surface area contributed by atoms with E-state index in [0.717, 1.165) is 26.1 Å². The van der Waals surface area contributed by atoms with E-state index in [-0.39, 0.29) is 0 Å². The van der Waals surface area contributed by atoms with Crippen LogP contribution in [0.2, 0.25) is 0 Å². The van der Waals surface area contributed by atoms with E-state index in [9.17, 15) is 9.59 Å². The third-order valence-electron chi connectivity index (χ3n) is 2.57. The van der Waals surface area contributed by atoms with Crippen LogP contribution >= 0.6 is 0 Å². The second kappa shape index (κ2) is 11.5. The third kappa shape index (κ3) is 12.6. The van der Waals surface area contributed by atoms with Crippen LogP contribution in [-0.4, -0.2) is 41.5 Å². The van der Waals surface area contributed by atoms with Crippen molar-refractivity contribution in [1.82, 2.24) is 4.90 Å². The number of carboxylic acid groups (broad SMARTS) is 1. The highest BCUT2D eigenvalue weighted by Crippen LogP contribution is 2.03. The van der Waals surface area contributed by atoms with Gasteiger partial charge in [0.1, 0.15) is 0 Å². The molecule has 19 heavy (non-hydrogen) atoms. The summed E-state index contributed by atoms with van der Waals surface area (Å²) >= 11 is 0. The molecule has 1 amide bonds. The van der Waals surface area contributed by atoms with Crippen LogP contribution < -0.4 is 5.73 Å². The SMILES string of the molecule is C=C(C)C(N)=O.C=C(CCCN(CC)CC)C(=O)O. The molecule has 0 fully saturated rings. The van der Waals surface area contributed by atoms with Gasteiger partial charge in [0.2, 0.25) is 5.91 Å². The second-order valence-electron chi connectivity index (χ2n) is 4.18. The molecule has 0 aromatic carbocycles. The zero-order valence-electron chi connectivity index (χ0n) is 12.2. The van der Waals surface area contributed by atoms with Crippen molar-refractivity contribution in [1.29, 1.82) is 0 Å². The van der Waals surface area contributed by atoms with Gasteiger partial charge in [-0.3, -0.25) is 4.79 Å². The summed E-state index contributed by atoms with van der Waals surface area (Å²) in [5.74, 6) is -1.31. The lowest BCUT2D eigenvalue weighted by Gasteiger charge is -2.17. The Balaban J connectivity index is 0. The van der Waals surface area contributed by atoms with Gasteiger partial charge in [0.25, 0.3) is 0 Å². The summed E-state index contributed by atoms with van der Waals surface area (Å²) in [5.41, 5.74) is 5.41. The normalized spacial score (nSPS) is 9.47. The maximum absolute atomic E-state index is 10.4. The molecule has 0 saturated heterocycles. The minimum atomic E-state index is -0.875. The molecule has 5 nitrogen and oxygen atoms in total. The van der Waals surface area contributed by atoms with Crippen LogP contribution in [0.5, 0.6) is 0 Å². The number of carbonyl (C=O) groups is 2. The summed E-state index contributed by atoms with van der Waals surface area (Å²) in [6.07, 6.45) is 1.47. The number of aliphatic carboxylic acids is 1. The van der Waals surface area contributed by atoms with Crippen molar-refractivity contribution in [2.75, 3.05) is 19.6 Å². The lowest BCUT2D eigenvalue weighted by atomic mass is 10.1. The van der Waals surface area contributed by atoms with Gasteiger partial charge in [0, 0.05) is 11.1 Å². The van der Waals surface area contributed by atoms with Gasteiger partial charge in [-0.05, 0) is 39.4 Å². The number of hydrogen-bond acceptors (Lipinski definition) is 3. The molecule has 0 spiro atoms. The molecule has 0 radical (unpaired) electrons. The minimum absolute atomic E-state index is 0.312. The number of primary amides is 1. The third-order valence-corrected chi connectivity index (χ3v) is 2.57. The van der Waals surface area contributed by atoms with Crippen molar-refractivity contribution in [2.45, 2.75) is 33.6 Å². The van der Waals surface area contributed by atoms with E-state index in [4.69, 9.17) is 10.8 Å². The molecule has 0 bridgehead atoms. The molecule has 0 heterocycles. The highest BCUT2D eigenvalue weighted by molar-refractivity contribution is 5.90. The molecule has 0 aromatic heterocycles. The van der Waals surface area contributed by atoms with Gasteiger partial charge in [-0.15, -0.1) is 0 Å². The monoisotopic (exact) mass is 270 g/mol. The Bertz CT molecular complexity index is 309. The van der Waals surface area contributed by atoms with Crippen molar-refractivity contribution in [3.05, 3.63) is 24.3 Å². The van der Waals surface area contributed by atoms with E-state index in [1.807, 2.05) is 0 Å². The Labute approximate surface area is 115 Å². The molecule has 0 aliphatic heterocycles. The van der Waals surface area contributed by atoms with Crippen molar-refractivity contribution < 1.29 is 14.7 Å². The number of amides is 1. The first-order valence-electron chi connectivity index (χ1n) is 6.34. The molecule has 0 unspecified atom stereocenters. The molecule has 0 aromatic rings. The number of nitrogens with two attached hydrogens (primary N) is 1.